The van der Waals surface area contributed by atoms with Crippen LogP contribution in [0.15, 0.2) is 47.4 Å². The molecule has 0 amide bonds. The van der Waals surface area contributed by atoms with E-state index in [9.17, 15) is 22.0 Å². The van der Waals surface area contributed by atoms with Crippen LogP contribution < -0.4 is 16.0 Å². The maximum absolute atomic E-state index is 15.1. The smallest absolute Gasteiger partial charge is 0.260 e. The van der Waals surface area contributed by atoms with Gasteiger partial charge in [0, 0.05) is 23.7 Å². The first kappa shape index (κ1) is 25.1. The fraction of sp³-hybridized carbons (Fsp3) is 0.174. The number of aromatic nitrogens is 3. The van der Waals surface area contributed by atoms with Gasteiger partial charge in [-0.2, -0.15) is 4.98 Å². The topological polar surface area (TPSA) is 120 Å². The molecule has 2 aromatic carbocycles. The number of halogens is 4. The van der Waals surface area contributed by atoms with E-state index in [1.807, 2.05) is 0 Å². The summed E-state index contributed by atoms with van der Waals surface area (Å²) in [4.78, 5) is 21.0. The van der Waals surface area contributed by atoms with Crippen LogP contribution in [0.2, 0.25) is 0 Å². The van der Waals surface area contributed by atoms with Crippen LogP contribution in [0, 0.1) is 23.3 Å². The van der Waals surface area contributed by atoms with Crippen LogP contribution in [0.4, 0.5) is 29.2 Å². The summed E-state index contributed by atoms with van der Waals surface area (Å²) in [5.41, 5.74) is 2.54. The highest BCUT2D eigenvalue weighted by molar-refractivity contribution is 7.91. The van der Waals surface area contributed by atoms with E-state index in [1.165, 1.54) is 18.3 Å². The van der Waals surface area contributed by atoms with E-state index in [0.717, 1.165) is 22.8 Å². The Morgan fingerprint density at radius 2 is 1.72 bits per heavy atom. The molecule has 2 heterocycles. The van der Waals surface area contributed by atoms with Gasteiger partial charge in [0.25, 0.3) is 5.56 Å². The van der Waals surface area contributed by atoms with Gasteiger partial charge in [-0.3, -0.25) is 14.1 Å². The number of fused-ring (bicyclic) bond motifs is 1. The van der Waals surface area contributed by atoms with Gasteiger partial charge in [0.1, 0.15) is 17.3 Å². The zero-order valence-corrected chi connectivity index (χ0v) is 19.7. The molecule has 4 aromatic rings. The SMILES string of the molecule is CC(C)n1c(=O)c(-c2c(F)cc(NS(=O)(=O)Cc3ccc(F)cc3)c(F)c2F)cc2cnc(N)nc21. The van der Waals surface area contributed by atoms with E-state index in [4.69, 9.17) is 5.73 Å². The molecule has 36 heavy (non-hydrogen) atoms. The highest BCUT2D eigenvalue weighted by atomic mass is 32.2. The summed E-state index contributed by atoms with van der Waals surface area (Å²) < 4.78 is 86.1. The molecule has 8 nitrogen and oxygen atoms in total. The lowest BCUT2D eigenvalue weighted by Gasteiger charge is -2.17. The number of hydrogen-bond donors (Lipinski definition) is 2. The number of pyridine rings is 1. The molecule has 0 fully saturated rings. The van der Waals surface area contributed by atoms with Gasteiger partial charge in [-0.05, 0) is 37.6 Å². The van der Waals surface area contributed by atoms with Crippen molar-refractivity contribution in [2.75, 3.05) is 10.5 Å². The number of rotatable bonds is 6. The molecule has 0 saturated heterocycles. The molecule has 0 radical (unpaired) electrons. The Bertz CT molecular complexity index is 1660. The van der Waals surface area contributed by atoms with Gasteiger partial charge in [0.2, 0.25) is 16.0 Å². The van der Waals surface area contributed by atoms with Crippen molar-refractivity contribution in [1.29, 1.82) is 0 Å². The van der Waals surface area contributed by atoms with Crippen molar-refractivity contribution >= 4 is 32.7 Å². The number of nitrogens with one attached hydrogen (secondary N) is 1. The van der Waals surface area contributed by atoms with Crippen molar-refractivity contribution < 1.29 is 26.0 Å². The number of nitrogens with two attached hydrogens (primary N) is 1. The molecule has 0 aliphatic rings. The van der Waals surface area contributed by atoms with Crippen molar-refractivity contribution in [3.63, 3.8) is 0 Å². The van der Waals surface area contributed by atoms with Crippen molar-refractivity contribution in [3.05, 3.63) is 81.8 Å². The molecule has 3 N–H and O–H groups in total. The lowest BCUT2D eigenvalue weighted by atomic mass is 10.0. The Kier molecular flexibility index (Phi) is 6.43. The molecular formula is C23H19F4N5O3S. The highest BCUT2D eigenvalue weighted by Crippen LogP contribution is 2.32. The maximum Gasteiger partial charge on any atom is 0.260 e. The monoisotopic (exact) mass is 521 g/mol. The minimum atomic E-state index is -4.33. The summed E-state index contributed by atoms with van der Waals surface area (Å²) in [5, 5.41) is 0.218. The van der Waals surface area contributed by atoms with Gasteiger partial charge in [0.05, 0.1) is 22.6 Å². The normalized spacial score (nSPS) is 11.9. The largest absolute Gasteiger partial charge is 0.368 e. The molecule has 188 valence electrons. The molecule has 0 aliphatic carbocycles. The second-order valence-corrected chi connectivity index (χ2v) is 9.95. The molecule has 13 heteroatoms. The summed E-state index contributed by atoms with van der Waals surface area (Å²) in [6, 6.07) is 5.51. The van der Waals surface area contributed by atoms with Gasteiger partial charge < -0.3 is 5.73 Å². The summed E-state index contributed by atoms with van der Waals surface area (Å²) >= 11 is 0. The standard InChI is InChI=1S/C23H19F4N5O3S/c1-11(2)32-21-13(9-29-23(28)30-21)7-15(22(32)33)18-16(25)8-17(19(26)20(18)27)31-36(34,35)10-12-3-5-14(24)6-4-12/h3-9,11,31H,10H2,1-2H3,(H2,28,29,30). The Morgan fingerprint density at radius 3 is 2.36 bits per heavy atom. The quantitative estimate of drug-likeness (QED) is 0.291. The van der Waals surface area contributed by atoms with Crippen molar-refractivity contribution in [2.45, 2.75) is 25.6 Å². The van der Waals surface area contributed by atoms with Crippen LogP contribution in [0.1, 0.15) is 25.5 Å². The average molecular weight is 521 g/mol. The van der Waals surface area contributed by atoms with Crippen molar-refractivity contribution in [1.82, 2.24) is 14.5 Å². The minimum absolute atomic E-state index is 0.121. The number of sulfonamides is 1. The average Bonchev–Trinajstić information content (AvgIpc) is 2.78. The summed E-state index contributed by atoms with van der Waals surface area (Å²) in [7, 11) is -4.33. The first-order chi connectivity index (χ1) is 16.9. The number of nitrogens with zero attached hydrogens (tertiary/aromatic N) is 3. The molecule has 0 unspecified atom stereocenters. The van der Waals surface area contributed by atoms with E-state index in [-0.39, 0.29) is 22.5 Å². The lowest BCUT2D eigenvalue weighted by molar-refractivity contribution is 0.501. The summed E-state index contributed by atoms with van der Waals surface area (Å²) in [6.07, 6.45) is 1.25. The molecular weight excluding hydrogens is 502 g/mol. The van der Waals surface area contributed by atoms with E-state index < -0.39 is 67.5 Å². The number of hydrogen-bond acceptors (Lipinski definition) is 6. The molecule has 0 bridgehead atoms. The first-order valence-electron chi connectivity index (χ1n) is 10.5. The van der Waals surface area contributed by atoms with Crippen LogP contribution in [0.25, 0.3) is 22.2 Å². The third-order valence-corrected chi connectivity index (χ3v) is 6.52. The molecule has 0 saturated carbocycles. The second kappa shape index (κ2) is 9.22. The van der Waals surface area contributed by atoms with Crippen LogP contribution in [-0.4, -0.2) is 23.0 Å². The first-order valence-corrected chi connectivity index (χ1v) is 12.1. The van der Waals surface area contributed by atoms with E-state index in [0.29, 0.717) is 6.07 Å². The van der Waals surface area contributed by atoms with E-state index >= 15 is 8.78 Å². The van der Waals surface area contributed by atoms with Crippen molar-refractivity contribution in [3.8, 4) is 11.1 Å². The Labute approximate surface area is 202 Å². The fourth-order valence-electron chi connectivity index (χ4n) is 3.71. The van der Waals surface area contributed by atoms with Crippen LogP contribution in [-0.2, 0) is 15.8 Å². The van der Waals surface area contributed by atoms with Gasteiger partial charge in [-0.15, -0.1) is 0 Å². The fourth-order valence-corrected chi connectivity index (χ4v) is 4.90. The number of benzene rings is 2. The predicted octanol–water partition coefficient (Wildman–Crippen LogP) is 4.12. The van der Waals surface area contributed by atoms with Crippen molar-refractivity contribution in [2.24, 2.45) is 0 Å². The van der Waals surface area contributed by atoms with E-state index in [2.05, 4.69) is 9.97 Å². The van der Waals surface area contributed by atoms with Gasteiger partial charge >= 0.3 is 0 Å². The zero-order valence-electron chi connectivity index (χ0n) is 18.9. The van der Waals surface area contributed by atoms with Crippen LogP contribution >= 0.6 is 0 Å². The van der Waals surface area contributed by atoms with Gasteiger partial charge in [-0.1, -0.05) is 12.1 Å². The number of anilines is 2. The molecule has 0 atom stereocenters. The van der Waals surface area contributed by atoms with E-state index in [1.54, 1.807) is 18.6 Å². The third kappa shape index (κ3) is 4.73. The predicted molar refractivity (Wildman–Crippen MR) is 127 cm³/mol. The van der Waals surface area contributed by atoms with Crippen LogP contribution in [0.5, 0.6) is 0 Å². The Morgan fingerprint density at radius 1 is 1.06 bits per heavy atom. The van der Waals surface area contributed by atoms with Gasteiger partial charge in [0.15, 0.2) is 11.6 Å². The Hall–Kier alpha value is -4.00. The molecule has 4 rings (SSSR count). The summed E-state index contributed by atoms with van der Waals surface area (Å²) in [6.45, 7) is 3.27. The maximum atomic E-state index is 15.1. The zero-order chi connectivity index (χ0) is 26.4. The summed E-state index contributed by atoms with van der Waals surface area (Å²) in [5.74, 6) is -6.27. The van der Waals surface area contributed by atoms with Gasteiger partial charge in [-0.25, -0.2) is 31.0 Å². The molecule has 2 aromatic heterocycles. The lowest BCUT2D eigenvalue weighted by Crippen LogP contribution is -2.25. The molecule has 0 aliphatic heterocycles. The second-order valence-electron chi connectivity index (χ2n) is 8.23. The van der Waals surface area contributed by atoms with Crippen LogP contribution in [0.3, 0.4) is 0 Å². The minimum Gasteiger partial charge on any atom is -0.368 e. The molecule has 0 spiro atoms. The number of nitrogen functional groups attached to an aromatic ring is 1. The Balaban J connectivity index is 1.81. The highest BCUT2D eigenvalue weighted by Gasteiger charge is 2.26. The third-order valence-electron chi connectivity index (χ3n) is 5.27.